The standard InChI is InChI=1S/C16H22N4/c1-11-5-4-6-14-15(7-12(2)16(11)14)19-13(3)8-20-10-17-9-18-20/h4-6,9-10,12-13,15,19H,7-8H2,1-3H3/t12-,13+,15+/m1/s1. The third kappa shape index (κ3) is 2.48. The maximum absolute atomic E-state index is 4.17. The zero-order valence-corrected chi connectivity index (χ0v) is 12.4. The third-order valence-electron chi connectivity index (χ3n) is 4.23. The van der Waals surface area contributed by atoms with E-state index in [0.29, 0.717) is 18.0 Å². The summed E-state index contributed by atoms with van der Waals surface area (Å²) in [5.74, 6) is 0.641. The summed E-state index contributed by atoms with van der Waals surface area (Å²) in [6.07, 6.45) is 4.54. The van der Waals surface area contributed by atoms with Crippen LogP contribution in [0.1, 0.15) is 48.9 Å². The van der Waals surface area contributed by atoms with Crippen LogP contribution in [0.4, 0.5) is 0 Å². The van der Waals surface area contributed by atoms with Gasteiger partial charge < -0.3 is 5.32 Å². The van der Waals surface area contributed by atoms with Crippen LogP contribution in [0.15, 0.2) is 30.9 Å². The Bertz CT molecular complexity index is 576. The zero-order valence-electron chi connectivity index (χ0n) is 12.4. The average molecular weight is 270 g/mol. The van der Waals surface area contributed by atoms with Crippen molar-refractivity contribution in [2.75, 3.05) is 0 Å². The molecular formula is C16H22N4. The van der Waals surface area contributed by atoms with Gasteiger partial charge in [0.05, 0.1) is 6.54 Å². The topological polar surface area (TPSA) is 42.7 Å². The van der Waals surface area contributed by atoms with Gasteiger partial charge in [0, 0.05) is 12.1 Å². The summed E-state index contributed by atoms with van der Waals surface area (Å²) < 4.78 is 1.88. The number of hydrogen-bond donors (Lipinski definition) is 1. The summed E-state index contributed by atoms with van der Waals surface area (Å²) >= 11 is 0. The molecule has 0 unspecified atom stereocenters. The lowest BCUT2D eigenvalue weighted by Crippen LogP contribution is -2.33. The molecule has 106 valence electrons. The van der Waals surface area contributed by atoms with Crippen molar-refractivity contribution < 1.29 is 0 Å². The Balaban J connectivity index is 1.72. The maximum atomic E-state index is 4.17. The lowest BCUT2D eigenvalue weighted by Gasteiger charge is -2.20. The van der Waals surface area contributed by atoms with Gasteiger partial charge >= 0.3 is 0 Å². The van der Waals surface area contributed by atoms with Crippen LogP contribution in [0.3, 0.4) is 0 Å². The van der Waals surface area contributed by atoms with Crippen molar-refractivity contribution in [3.8, 4) is 0 Å². The summed E-state index contributed by atoms with van der Waals surface area (Å²) in [4.78, 5) is 3.99. The molecule has 3 atom stereocenters. The molecule has 4 heteroatoms. The van der Waals surface area contributed by atoms with Crippen LogP contribution >= 0.6 is 0 Å². The van der Waals surface area contributed by atoms with Crippen molar-refractivity contribution in [3.63, 3.8) is 0 Å². The highest BCUT2D eigenvalue weighted by Gasteiger charge is 2.29. The molecule has 3 rings (SSSR count). The van der Waals surface area contributed by atoms with Crippen LogP contribution in [0, 0.1) is 6.92 Å². The fourth-order valence-corrected chi connectivity index (χ4v) is 3.44. The lowest BCUT2D eigenvalue weighted by atomic mass is 9.98. The van der Waals surface area contributed by atoms with Crippen molar-refractivity contribution >= 4 is 0 Å². The quantitative estimate of drug-likeness (QED) is 0.929. The first-order valence-corrected chi connectivity index (χ1v) is 7.33. The summed E-state index contributed by atoms with van der Waals surface area (Å²) in [5.41, 5.74) is 4.43. The largest absolute Gasteiger partial charge is 0.306 e. The third-order valence-corrected chi connectivity index (χ3v) is 4.23. The molecule has 0 saturated heterocycles. The number of benzene rings is 1. The fourth-order valence-electron chi connectivity index (χ4n) is 3.44. The molecule has 1 heterocycles. The van der Waals surface area contributed by atoms with Gasteiger partial charge in [-0.25, -0.2) is 4.98 Å². The fraction of sp³-hybridized carbons (Fsp3) is 0.500. The van der Waals surface area contributed by atoms with Crippen molar-refractivity contribution in [2.45, 2.75) is 51.7 Å². The van der Waals surface area contributed by atoms with Crippen LogP contribution in [0.5, 0.6) is 0 Å². The second-order valence-corrected chi connectivity index (χ2v) is 5.95. The van der Waals surface area contributed by atoms with E-state index in [4.69, 9.17) is 0 Å². The van der Waals surface area contributed by atoms with Crippen LogP contribution in [0.2, 0.25) is 0 Å². The number of aromatic nitrogens is 3. The number of nitrogens with one attached hydrogen (secondary N) is 1. The minimum absolute atomic E-state index is 0.375. The molecule has 1 aliphatic carbocycles. The van der Waals surface area contributed by atoms with Crippen LogP contribution < -0.4 is 5.32 Å². The van der Waals surface area contributed by atoms with Gasteiger partial charge in [-0.2, -0.15) is 5.10 Å². The zero-order chi connectivity index (χ0) is 14.1. The first-order valence-electron chi connectivity index (χ1n) is 7.33. The molecule has 1 aromatic heterocycles. The van der Waals surface area contributed by atoms with Crippen molar-refractivity contribution in [1.29, 1.82) is 0 Å². The molecule has 0 bridgehead atoms. The molecule has 2 aromatic rings. The molecule has 1 aliphatic rings. The highest BCUT2D eigenvalue weighted by Crippen LogP contribution is 2.41. The Hall–Kier alpha value is -1.68. The van der Waals surface area contributed by atoms with Crippen LogP contribution in [0.25, 0.3) is 0 Å². The van der Waals surface area contributed by atoms with Gasteiger partial charge in [0.25, 0.3) is 0 Å². The molecule has 0 saturated carbocycles. The number of fused-ring (bicyclic) bond motifs is 1. The molecule has 1 N–H and O–H groups in total. The monoisotopic (exact) mass is 270 g/mol. The van der Waals surface area contributed by atoms with Crippen LogP contribution in [-0.4, -0.2) is 20.8 Å². The van der Waals surface area contributed by atoms with Gasteiger partial charge in [0.1, 0.15) is 12.7 Å². The normalized spacial score (nSPS) is 22.8. The average Bonchev–Trinajstić information content (AvgIpc) is 2.99. The second-order valence-electron chi connectivity index (χ2n) is 5.95. The van der Waals surface area contributed by atoms with E-state index in [0.717, 1.165) is 6.54 Å². The molecule has 0 spiro atoms. The lowest BCUT2D eigenvalue weighted by molar-refractivity contribution is 0.390. The predicted octanol–water partition coefficient (Wildman–Crippen LogP) is 2.81. The van der Waals surface area contributed by atoms with Crippen molar-refractivity contribution in [2.24, 2.45) is 0 Å². The molecule has 0 radical (unpaired) electrons. The van der Waals surface area contributed by atoms with Gasteiger partial charge in [-0.1, -0.05) is 25.1 Å². The van der Waals surface area contributed by atoms with Gasteiger partial charge in [0.2, 0.25) is 0 Å². The first kappa shape index (κ1) is 13.3. The smallest absolute Gasteiger partial charge is 0.137 e. The highest BCUT2D eigenvalue weighted by atomic mass is 15.3. The molecule has 20 heavy (non-hydrogen) atoms. The number of rotatable bonds is 4. The molecule has 0 amide bonds. The summed E-state index contributed by atoms with van der Waals surface area (Å²) in [6, 6.07) is 7.49. The predicted molar refractivity (Wildman–Crippen MR) is 79.6 cm³/mol. The Kier molecular flexibility index (Phi) is 3.57. The Morgan fingerprint density at radius 1 is 1.45 bits per heavy atom. The Labute approximate surface area is 120 Å². The van der Waals surface area contributed by atoms with Gasteiger partial charge in [-0.15, -0.1) is 0 Å². The Morgan fingerprint density at radius 2 is 2.30 bits per heavy atom. The SMILES string of the molecule is Cc1cccc2c1[C@H](C)C[C@@H]2N[C@@H](C)Cn1cncn1. The number of aryl methyl sites for hydroxylation is 1. The minimum Gasteiger partial charge on any atom is -0.306 e. The molecule has 0 fully saturated rings. The molecule has 1 aromatic carbocycles. The van der Waals surface area contributed by atoms with E-state index in [1.807, 2.05) is 4.68 Å². The number of hydrogen-bond acceptors (Lipinski definition) is 3. The second kappa shape index (κ2) is 5.37. The highest BCUT2D eigenvalue weighted by molar-refractivity contribution is 5.43. The number of nitrogens with zero attached hydrogens (tertiary/aromatic N) is 3. The van der Waals surface area contributed by atoms with Crippen molar-refractivity contribution in [3.05, 3.63) is 47.5 Å². The van der Waals surface area contributed by atoms with Gasteiger partial charge in [0.15, 0.2) is 0 Å². The van der Waals surface area contributed by atoms with Gasteiger partial charge in [-0.3, -0.25) is 4.68 Å². The van der Waals surface area contributed by atoms with E-state index in [1.54, 1.807) is 12.7 Å². The Morgan fingerprint density at radius 3 is 3.05 bits per heavy atom. The van der Waals surface area contributed by atoms with Crippen LogP contribution in [-0.2, 0) is 6.54 Å². The van der Waals surface area contributed by atoms with E-state index in [-0.39, 0.29) is 0 Å². The van der Waals surface area contributed by atoms with E-state index < -0.39 is 0 Å². The van der Waals surface area contributed by atoms with E-state index >= 15 is 0 Å². The van der Waals surface area contributed by atoms with E-state index in [9.17, 15) is 0 Å². The molecular weight excluding hydrogens is 248 g/mol. The maximum Gasteiger partial charge on any atom is 0.137 e. The molecule has 4 nitrogen and oxygen atoms in total. The summed E-state index contributed by atoms with van der Waals surface area (Å²) in [5, 5.41) is 7.91. The van der Waals surface area contributed by atoms with Gasteiger partial charge in [-0.05, 0) is 42.9 Å². The summed E-state index contributed by atoms with van der Waals surface area (Å²) in [7, 11) is 0. The van der Waals surface area contributed by atoms with E-state index in [1.165, 1.54) is 23.1 Å². The minimum atomic E-state index is 0.375. The first-order chi connectivity index (χ1) is 9.65. The molecule has 0 aliphatic heterocycles. The van der Waals surface area contributed by atoms with Crippen molar-refractivity contribution in [1.82, 2.24) is 20.1 Å². The van der Waals surface area contributed by atoms with E-state index in [2.05, 4.69) is 54.4 Å². The summed E-state index contributed by atoms with van der Waals surface area (Å²) in [6.45, 7) is 7.61.